The van der Waals surface area contributed by atoms with E-state index >= 15 is 0 Å². The summed E-state index contributed by atoms with van der Waals surface area (Å²) in [5.41, 5.74) is 3.01. The Hall–Kier alpha value is -2.03. The van der Waals surface area contributed by atoms with Gasteiger partial charge in [0.25, 0.3) is 0 Å². The van der Waals surface area contributed by atoms with Crippen molar-refractivity contribution < 1.29 is 4.74 Å². The third kappa shape index (κ3) is 1.39. The molecule has 1 aromatic carbocycles. The van der Waals surface area contributed by atoms with Gasteiger partial charge in [0, 0.05) is 22.9 Å². The number of nitrogens with one attached hydrogen (secondary N) is 1. The van der Waals surface area contributed by atoms with Crippen molar-refractivity contribution in [1.82, 2.24) is 4.98 Å². The fourth-order valence-corrected chi connectivity index (χ4v) is 2.40. The van der Waals surface area contributed by atoms with Crippen molar-refractivity contribution in [1.29, 1.82) is 0 Å². The molecule has 0 spiro atoms. The minimum atomic E-state index is -0.0844. The highest BCUT2D eigenvalue weighted by atomic mass is 16.5. The molecule has 0 radical (unpaired) electrons. The second kappa shape index (κ2) is 3.48. The van der Waals surface area contributed by atoms with Crippen LogP contribution >= 0.6 is 0 Å². The summed E-state index contributed by atoms with van der Waals surface area (Å²) in [4.78, 5) is 14.2. The number of fused-ring (bicyclic) bond motifs is 3. The van der Waals surface area contributed by atoms with E-state index in [0.717, 1.165) is 27.8 Å². The van der Waals surface area contributed by atoms with Crippen LogP contribution in [0.4, 0.5) is 0 Å². The van der Waals surface area contributed by atoms with Crippen LogP contribution in [0.5, 0.6) is 5.75 Å². The van der Waals surface area contributed by atoms with Crippen LogP contribution < -0.4 is 10.3 Å². The molecule has 1 aromatic heterocycles. The molecule has 0 fully saturated rings. The molecule has 0 aliphatic carbocycles. The van der Waals surface area contributed by atoms with Crippen LogP contribution in [0.2, 0.25) is 0 Å². The van der Waals surface area contributed by atoms with Crippen molar-refractivity contribution in [2.24, 2.45) is 0 Å². The van der Waals surface area contributed by atoms with Gasteiger partial charge in [0.2, 0.25) is 5.56 Å². The van der Waals surface area contributed by atoms with Crippen molar-refractivity contribution in [3.63, 3.8) is 0 Å². The van der Waals surface area contributed by atoms with Gasteiger partial charge in [-0.1, -0.05) is 6.08 Å². The topological polar surface area (TPSA) is 42.1 Å². The Balaban J connectivity index is 2.40. The lowest BCUT2D eigenvalue weighted by Gasteiger charge is -2.08. The van der Waals surface area contributed by atoms with Gasteiger partial charge >= 0.3 is 0 Å². The molecule has 2 heterocycles. The van der Waals surface area contributed by atoms with Crippen molar-refractivity contribution in [2.75, 3.05) is 6.61 Å². The number of aryl methyl sites for hydroxylation is 1. The minimum Gasteiger partial charge on any atom is -0.492 e. The van der Waals surface area contributed by atoms with Crippen LogP contribution in [-0.2, 0) is 0 Å². The quantitative estimate of drug-likeness (QED) is 0.760. The second-order valence-electron chi connectivity index (χ2n) is 4.38. The predicted octanol–water partition coefficient (Wildman–Crippen LogP) is 2.50. The molecule has 0 bridgehead atoms. The molecule has 3 heteroatoms. The SMILES string of the molecule is C=CC1COc2c1cc(C)c1[nH]c(=O)ccc21. The third-order valence-corrected chi connectivity index (χ3v) is 3.28. The summed E-state index contributed by atoms with van der Waals surface area (Å²) >= 11 is 0. The van der Waals surface area contributed by atoms with Gasteiger partial charge in [0.05, 0.1) is 12.1 Å². The van der Waals surface area contributed by atoms with E-state index in [1.54, 1.807) is 0 Å². The molecule has 0 amide bonds. The summed E-state index contributed by atoms with van der Waals surface area (Å²) in [6.07, 6.45) is 1.91. The summed E-state index contributed by atoms with van der Waals surface area (Å²) in [6, 6.07) is 5.44. The standard InChI is InChI=1S/C14H13NO2/c1-3-9-7-17-14-10-4-5-12(16)15-13(10)8(2)6-11(9)14/h3-6,9H,1,7H2,2H3,(H,15,16). The lowest BCUT2D eigenvalue weighted by Crippen LogP contribution is -2.04. The first-order valence-corrected chi connectivity index (χ1v) is 5.62. The third-order valence-electron chi connectivity index (χ3n) is 3.28. The zero-order valence-corrected chi connectivity index (χ0v) is 9.62. The Labute approximate surface area is 98.7 Å². The maximum absolute atomic E-state index is 11.3. The van der Waals surface area contributed by atoms with Gasteiger partial charge in [-0.05, 0) is 24.6 Å². The summed E-state index contributed by atoms with van der Waals surface area (Å²) in [6.45, 7) is 6.46. The zero-order chi connectivity index (χ0) is 12.0. The molecule has 1 atom stereocenters. The van der Waals surface area contributed by atoms with Gasteiger partial charge in [0.15, 0.2) is 0 Å². The highest BCUT2D eigenvalue weighted by Crippen LogP contribution is 2.40. The number of hydrogen-bond acceptors (Lipinski definition) is 2. The van der Waals surface area contributed by atoms with Gasteiger partial charge in [-0.3, -0.25) is 4.79 Å². The van der Waals surface area contributed by atoms with Crippen molar-refractivity contribution in [3.8, 4) is 5.75 Å². The van der Waals surface area contributed by atoms with E-state index in [0.29, 0.717) is 6.61 Å². The summed E-state index contributed by atoms with van der Waals surface area (Å²) in [5, 5.41) is 0.976. The maximum Gasteiger partial charge on any atom is 0.248 e. The highest BCUT2D eigenvalue weighted by Gasteiger charge is 2.24. The highest BCUT2D eigenvalue weighted by molar-refractivity contribution is 5.89. The van der Waals surface area contributed by atoms with E-state index in [-0.39, 0.29) is 11.5 Å². The van der Waals surface area contributed by atoms with Crippen LogP contribution in [0.3, 0.4) is 0 Å². The number of pyridine rings is 1. The summed E-state index contributed by atoms with van der Waals surface area (Å²) in [7, 11) is 0. The predicted molar refractivity (Wildman–Crippen MR) is 67.7 cm³/mol. The molecule has 17 heavy (non-hydrogen) atoms. The van der Waals surface area contributed by atoms with Crippen LogP contribution in [0, 0.1) is 6.92 Å². The number of aromatic nitrogens is 1. The Morgan fingerprint density at radius 1 is 1.53 bits per heavy atom. The van der Waals surface area contributed by atoms with E-state index in [2.05, 4.69) is 17.6 Å². The monoisotopic (exact) mass is 227 g/mol. The lowest BCUT2D eigenvalue weighted by atomic mass is 9.97. The average Bonchev–Trinajstić information content (AvgIpc) is 2.72. The van der Waals surface area contributed by atoms with E-state index in [1.165, 1.54) is 6.07 Å². The van der Waals surface area contributed by atoms with Crippen molar-refractivity contribution >= 4 is 10.9 Å². The van der Waals surface area contributed by atoms with Gasteiger partial charge in [-0.15, -0.1) is 6.58 Å². The molecular formula is C14H13NO2. The fourth-order valence-electron chi connectivity index (χ4n) is 2.40. The molecule has 1 aliphatic rings. The van der Waals surface area contributed by atoms with Gasteiger partial charge < -0.3 is 9.72 Å². The molecule has 86 valence electrons. The summed E-state index contributed by atoms with van der Waals surface area (Å²) in [5.74, 6) is 1.13. The van der Waals surface area contributed by atoms with E-state index in [4.69, 9.17) is 4.74 Å². The Morgan fingerprint density at radius 2 is 2.35 bits per heavy atom. The number of H-pyrrole nitrogens is 1. The van der Waals surface area contributed by atoms with Gasteiger partial charge in [0.1, 0.15) is 5.75 Å². The number of ether oxygens (including phenoxy) is 1. The Kier molecular flexibility index (Phi) is 2.08. The smallest absolute Gasteiger partial charge is 0.248 e. The molecule has 1 unspecified atom stereocenters. The molecule has 3 nitrogen and oxygen atoms in total. The molecule has 1 N–H and O–H groups in total. The lowest BCUT2D eigenvalue weighted by molar-refractivity contribution is 0.348. The van der Waals surface area contributed by atoms with Crippen LogP contribution in [0.15, 0.2) is 35.6 Å². The number of aromatic amines is 1. The normalized spacial score (nSPS) is 17.8. The molecule has 0 saturated heterocycles. The van der Waals surface area contributed by atoms with Crippen molar-refractivity contribution in [2.45, 2.75) is 12.8 Å². The summed E-state index contributed by atoms with van der Waals surface area (Å²) < 4.78 is 5.72. The second-order valence-corrected chi connectivity index (χ2v) is 4.38. The van der Waals surface area contributed by atoms with E-state index < -0.39 is 0 Å². The average molecular weight is 227 g/mol. The largest absolute Gasteiger partial charge is 0.492 e. The Morgan fingerprint density at radius 3 is 3.12 bits per heavy atom. The number of benzene rings is 1. The molecule has 0 saturated carbocycles. The van der Waals surface area contributed by atoms with Crippen LogP contribution in [-0.4, -0.2) is 11.6 Å². The van der Waals surface area contributed by atoms with Crippen molar-refractivity contribution in [3.05, 3.63) is 52.3 Å². The van der Waals surface area contributed by atoms with Crippen LogP contribution in [0.25, 0.3) is 10.9 Å². The molecule has 2 aromatic rings. The maximum atomic E-state index is 11.3. The van der Waals surface area contributed by atoms with Crippen LogP contribution in [0.1, 0.15) is 17.0 Å². The van der Waals surface area contributed by atoms with Gasteiger partial charge in [-0.25, -0.2) is 0 Å². The molecular weight excluding hydrogens is 214 g/mol. The molecule has 1 aliphatic heterocycles. The zero-order valence-electron chi connectivity index (χ0n) is 9.62. The molecule has 3 rings (SSSR count). The number of hydrogen-bond donors (Lipinski definition) is 1. The first-order valence-electron chi connectivity index (χ1n) is 5.62. The van der Waals surface area contributed by atoms with E-state index in [1.807, 2.05) is 19.1 Å². The minimum absolute atomic E-state index is 0.0844. The van der Waals surface area contributed by atoms with E-state index in [9.17, 15) is 4.79 Å². The first kappa shape index (κ1) is 10.1. The Bertz CT molecular complexity index is 670. The fraction of sp³-hybridized carbons (Fsp3) is 0.214. The first-order chi connectivity index (χ1) is 8.20. The number of rotatable bonds is 1. The van der Waals surface area contributed by atoms with Gasteiger partial charge in [-0.2, -0.15) is 0 Å².